The Balaban J connectivity index is 2.03. The fourth-order valence-corrected chi connectivity index (χ4v) is 3.42. The summed E-state index contributed by atoms with van der Waals surface area (Å²) in [6, 6.07) is 2.79. The molecule has 2 atom stereocenters. The van der Waals surface area contributed by atoms with Gasteiger partial charge < -0.3 is 5.32 Å². The Kier molecular flexibility index (Phi) is 5.74. The Morgan fingerprint density at radius 1 is 1.00 bits per heavy atom. The van der Waals surface area contributed by atoms with Crippen LogP contribution in [-0.4, -0.2) is 6.04 Å². The molecule has 0 heterocycles. The van der Waals surface area contributed by atoms with Crippen molar-refractivity contribution in [1.82, 2.24) is 5.32 Å². The largest absolute Gasteiger partial charge is 0.307 e. The Labute approximate surface area is 127 Å². The molecule has 1 aliphatic rings. The maximum absolute atomic E-state index is 14.0. The third-order valence-corrected chi connectivity index (χ3v) is 4.86. The second-order valence-corrected chi connectivity index (χ2v) is 6.55. The van der Waals surface area contributed by atoms with Gasteiger partial charge in [-0.2, -0.15) is 0 Å². The van der Waals surface area contributed by atoms with Gasteiger partial charge in [-0.15, -0.1) is 0 Å². The maximum atomic E-state index is 14.0. The fourth-order valence-electron chi connectivity index (χ4n) is 3.42. The van der Waals surface area contributed by atoms with Gasteiger partial charge in [0.1, 0.15) is 11.6 Å². The van der Waals surface area contributed by atoms with Crippen molar-refractivity contribution in [2.24, 2.45) is 5.92 Å². The van der Waals surface area contributed by atoms with Gasteiger partial charge >= 0.3 is 0 Å². The summed E-state index contributed by atoms with van der Waals surface area (Å²) in [5.41, 5.74) is 0.791. The van der Waals surface area contributed by atoms with Gasteiger partial charge in [-0.3, -0.25) is 0 Å². The monoisotopic (exact) mass is 295 g/mol. The molecule has 1 N–H and O–H groups in total. The first-order chi connectivity index (χ1) is 9.99. The number of rotatable bonds is 4. The number of aryl methyl sites for hydroxylation is 1. The van der Waals surface area contributed by atoms with E-state index in [2.05, 4.69) is 12.2 Å². The molecule has 1 aliphatic carbocycles. The minimum atomic E-state index is -0.331. The predicted octanol–water partition coefficient (Wildman–Crippen LogP) is 5.28. The van der Waals surface area contributed by atoms with Crippen LogP contribution in [0.25, 0.3) is 0 Å². The highest BCUT2D eigenvalue weighted by molar-refractivity contribution is 5.27. The van der Waals surface area contributed by atoms with Crippen molar-refractivity contribution in [3.05, 3.63) is 34.9 Å². The standard InChI is InChI=1S/C18H27F2N/c1-12-10-18(20)16(11-17(12)19)14(3)21-13(2)15-8-6-4-5-7-9-15/h10-11,13-15,21H,4-9H2,1-3H3/t13-,14?/m1/s1. The number of nitrogens with one attached hydrogen (secondary N) is 1. The summed E-state index contributed by atoms with van der Waals surface area (Å²) >= 11 is 0. The van der Waals surface area contributed by atoms with E-state index >= 15 is 0 Å². The third-order valence-electron chi connectivity index (χ3n) is 4.86. The van der Waals surface area contributed by atoms with Gasteiger partial charge in [0.15, 0.2) is 0 Å². The van der Waals surface area contributed by atoms with Crippen LogP contribution in [0.2, 0.25) is 0 Å². The van der Waals surface area contributed by atoms with E-state index in [1.807, 2.05) is 6.92 Å². The quantitative estimate of drug-likeness (QED) is 0.745. The van der Waals surface area contributed by atoms with Crippen LogP contribution < -0.4 is 5.32 Å². The molecule has 0 bridgehead atoms. The molecule has 0 spiro atoms. The lowest BCUT2D eigenvalue weighted by molar-refractivity contribution is 0.313. The SMILES string of the molecule is Cc1cc(F)c(C(C)N[C@H](C)C2CCCCCC2)cc1F. The van der Waals surface area contributed by atoms with Crippen LogP contribution in [0.4, 0.5) is 8.78 Å². The summed E-state index contributed by atoms with van der Waals surface area (Å²) < 4.78 is 27.7. The zero-order chi connectivity index (χ0) is 15.4. The van der Waals surface area contributed by atoms with Gasteiger partial charge in [0.25, 0.3) is 0 Å². The van der Waals surface area contributed by atoms with Crippen LogP contribution >= 0.6 is 0 Å². The van der Waals surface area contributed by atoms with Gasteiger partial charge in [-0.05, 0) is 57.2 Å². The molecule has 21 heavy (non-hydrogen) atoms. The molecule has 1 unspecified atom stereocenters. The summed E-state index contributed by atoms with van der Waals surface area (Å²) in [7, 11) is 0. The van der Waals surface area contributed by atoms with Crippen molar-refractivity contribution in [3.63, 3.8) is 0 Å². The van der Waals surface area contributed by atoms with E-state index in [0.29, 0.717) is 23.1 Å². The number of halogens is 2. The highest BCUT2D eigenvalue weighted by Gasteiger charge is 2.22. The van der Waals surface area contributed by atoms with E-state index in [1.54, 1.807) is 6.92 Å². The molecule has 0 aliphatic heterocycles. The average Bonchev–Trinajstić information content (AvgIpc) is 2.71. The third kappa shape index (κ3) is 4.26. The van der Waals surface area contributed by atoms with Gasteiger partial charge in [-0.25, -0.2) is 8.78 Å². The van der Waals surface area contributed by atoms with Crippen LogP contribution in [0.3, 0.4) is 0 Å². The molecule has 0 saturated heterocycles. The van der Waals surface area contributed by atoms with Gasteiger partial charge in [0.2, 0.25) is 0 Å². The van der Waals surface area contributed by atoms with Crippen molar-refractivity contribution in [2.45, 2.75) is 71.4 Å². The molecule has 0 amide bonds. The molecule has 1 aromatic rings. The first-order valence-electron chi connectivity index (χ1n) is 8.20. The van der Waals surface area contributed by atoms with E-state index in [4.69, 9.17) is 0 Å². The smallest absolute Gasteiger partial charge is 0.128 e. The molecule has 3 heteroatoms. The van der Waals surface area contributed by atoms with Gasteiger partial charge in [0.05, 0.1) is 0 Å². The molecular formula is C18H27F2N. The molecule has 0 aromatic heterocycles. The lowest BCUT2D eigenvalue weighted by Crippen LogP contribution is -2.35. The predicted molar refractivity (Wildman–Crippen MR) is 83.3 cm³/mol. The molecule has 1 aromatic carbocycles. The molecule has 118 valence electrons. The van der Waals surface area contributed by atoms with Crippen LogP contribution in [-0.2, 0) is 0 Å². The second kappa shape index (κ2) is 7.35. The summed E-state index contributed by atoms with van der Waals surface area (Å²) in [6.45, 7) is 5.68. The van der Waals surface area contributed by atoms with Crippen LogP contribution in [0, 0.1) is 24.5 Å². The molecule has 0 radical (unpaired) electrons. The minimum Gasteiger partial charge on any atom is -0.307 e. The van der Waals surface area contributed by atoms with Crippen molar-refractivity contribution in [3.8, 4) is 0 Å². The van der Waals surface area contributed by atoms with Crippen molar-refractivity contribution in [2.75, 3.05) is 0 Å². The Bertz CT molecular complexity index is 465. The second-order valence-electron chi connectivity index (χ2n) is 6.55. The minimum absolute atomic E-state index is 0.168. The number of benzene rings is 1. The summed E-state index contributed by atoms with van der Waals surface area (Å²) in [5, 5.41) is 3.47. The summed E-state index contributed by atoms with van der Waals surface area (Å²) in [4.78, 5) is 0. The van der Waals surface area contributed by atoms with E-state index < -0.39 is 0 Å². The number of hydrogen-bond acceptors (Lipinski definition) is 1. The fraction of sp³-hybridized carbons (Fsp3) is 0.667. The summed E-state index contributed by atoms with van der Waals surface area (Å²) in [5.74, 6) is -0.00237. The first kappa shape index (κ1) is 16.4. The van der Waals surface area contributed by atoms with E-state index in [9.17, 15) is 8.78 Å². The lowest BCUT2D eigenvalue weighted by Gasteiger charge is -2.27. The maximum Gasteiger partial charge on any atom is 0.128 e. The number of hydrogen-bond donors (Lipinski definition) is 1. The molecular weight excluding hydrogens is 268 g/mol. The highest BCUT2D eigenvalue weighted by Crippen LogP contribution is 2.28. The Hall–Kier alpha value is -0.960. The van der Waals surface area contributed by atoms with E-state index in [1.165, 1.54) is 50.7 Å². The zero-order valence-electron chi connectivity index (χ0n) is 13.4. The van der Waals surface area contributed by atoms with Crippen molar-refractivity contribution < 1.29 is 8.78 Å². The first-order valence-corrected chi connectivity index (χ1v) is 8.20. The highest BCUT2D eigenvalue weighted by atomic mass is 19.1. The lowest BCUT2D eigenvalue weighted by atomic mass is 9.92. The molecule has 1 fully saturated rings. The van der Waals surface area contributed by atoms with Gasteiger partial charge in [0, 0.05) is 17.6 Å². The Morgan fingerprint density at radius 2 is 1.62 bits per heavy atom. The molecule has 2 rings (SSSR count). The van der Waals surface area contributed by atoms with Gasteiger partial charge in [-0.1, -0.05) is 25.7 Å². The normalized spacial score (nSPS) is 20.0. The van der Waals surface area contributed by atoms with E-state index in [-0.39, 0.29) is 17.7 Å². The van der Waals surface area contributed by atoms with E-state index in [0.717, 1.165) is 0 Å². The summed E-state index contributed by atoms with van der Waals surface area (Å²) in [6.07, 6.45) is 7.72. The topological polar surface area (TPSA) is 12.0 Å². The van der Waals surface area contributed by atoms with Crippen LogP contribution in [0.15, 0.2) is 12.1 Å². The van der Waals surface area contributed by atoms with Crippen LogP contribution in [0.1, 0.15) is 69.5 Å². The molecule has 1 nitrogen and oxygen atoms in total. The Morgan fingerprint density at radius 3 is 2.24 bits per heavy atom. The van der Waals surface area contributed by atoms with Crippen LogP contribution in [0.5, 0.6) is 0 Å². The zero-order valence-corrected chi connectivity index (χ0v) is 13.4. The molecule has 1 saturated carbocycles. The average molecular weight is 295 g/mol. The van der Waals surface area contributed by atoms with Crippen molar-refractivity contribution >= 4 is 0 Å². The van der Waals surface area contributed by atoms with Crippen molar-refractivity contribution in [1.29, 1.82) is 0 Å².